The summed E-state index contributed by atoms with van der Waals surface area (Å²) < 4.78 is 43.1. The van der Waals surface area contributed by atoms with Crippen LogP contribution in [0.5, 0.6) is 0 Å². The Morgan fingerprint density at radius 3 is 2.44 bits per heavy atom. The third-order valence-electron chi connectivity index (χ3n) is 12.7. The molecule has 1 unspecified atom stereocenters. The number of alkyl carbamates (subject to hydrolysis) is 1. The molecular formula is C42H43F2N7O4. The highest BCUT2D eigenvalue weighted by Crippen LogP contribution is 2.53. The van der Waals surface area contributed by atoms with E-state index in [2.05, 4.69) is 25.6 Å². The number of rotatable bonds is 7. The average Bonchev–Trinajstić information content (AvgIpc) is 4.08. The fourth-order valence-corrected chi connectivity index (χ4v) is 9.93. The molecule has 2 bridgehead atoms. The summed E-state index contributed by atoms with van der Waals surface area (Å²) in [5, 5.41) is 6.28. The SMILES string of the molecule is COC(=O)N[C@H](C(=O)N1[C@@H]2CC[C@@H](C2)[C@H]1c1nc2ccc(-c3ccc4c(c3)C(F)(F)c3cc(-c5cnc(C6CCCN6)[nH]5)ccc3-4)cc2[nH]1)C1CCOCC1. The van der Waals surface area contributed by atoms with E-state index in [1.807, 2.05) is 35.2 Å². The second-order valence-corrected chi connectivity index (χ2v) is 15.8. The molecule has 55 heavy (non-hydrogen) atoms. The van der Waals surface area contributed by atoms with E-state index in [-0.39, 0.29) is 47.0 Å². The Kier molecular flexibility index (Phi) is 8.29. The Bertz CT molecular complexity index is 2310. The highest BCUT2D eigenvalue weighted by molar-refractivity contribution is 5.88. The number of carbonyl (C=O) groups excluding carboxylic acids is 2. The van der Waals surface area contributed by atoms with Gasteiger partial charge in [-0.1, -0.05) is 30.3 Å². The molecule has 2 aliphatic carbocycles. The lowest BCUT2D eigenvalue weighted by Crippen LogP contribution is -2.55. The third kappa shape index (κ3) is 5.73. The Morgan fingerprint density at radius 2 is 1.67 bits per heavy atom. The van der Waals surface area contributed by atoms with Gasteiger partial charge < -0.3 is 35.0 Å². The molecule has 3 aromatic carbocycles. The van der Waals surface area contributed by atoms with Crippen LogP contribution in [0.1, 0.15) is 79.8 Å². The minimum atomic E-state index is -3.18. The van der Waals surface area contributed by atoms with Gasteiger partial charge >= 0.3 is 6.09 Å². The number of likely N-dealkylation sites (tertiary alicyclic amines) is 1. The van der Waals surface area contributed by atoms with Crippen molar-refractivity contribution in [3.63, 3.8) is 0 Å². The summed E-state index contributed by atoms with van der Waals surface area (Å²) in [4.78, 5) is 45.2. The number of benzene rings is 3. The molecule has 4 fully saturated rings. The van der Waals surface area contributed by atoms with E-state index in [0.29, 0.717) is 54.1 Å². The molecule has 2 aromatic heterocycles. The van der Waals surface area contributed by atoms with Gasteiger partial charge in [-0.15, -0.1) is 0 Å². The second-order valence-electron chi connectivity index (χ2n) is 15.8. The van der Waals surface area contributed by atoms with Gasteiger partial charge in [-0.05, 0) is 110 Å². The highest BCUT2D eigenvalue weighted by atomic mass is 19.3. The van der Waals surface area contributed by atoms with E-state index in [0.717, 1.165) is 66.8 Å². The Hall–Kier alpha value is -5.14. The van der Waals surface area contributed by atoms with Gasteiger partial charge in [0.1, 0.15) is 17.7 Å². The molecule has 2 amide bonds. The summed E-state index contributed by atoms with van der Waals surface area (Å²) in [6, 6.07) is 15.6. The van der Waals surface area contributed by atoms with Crippen LogP contribution in [0.2, 0.25) is 0 Å². The number of aromatic amines is 2. The fourth-order valence-electron chi connectivity index (χ4n) is 9.93. The predicted octanol–water partition coefficient (Wildman–Crippen LogP) is 7.37. The van der Waals surface area contributed by atoms with Crippen molar-refractivity contribution in [2.24, 2.45) is 11.8 Å². The van der Waals surface area contributed by atoms with Crippen molar-refractivity contribution in [1.29, 1.82) is 0 Å². The fraction of sp³-hybridized carbons (Fsp3) is 0.429. The van der Waals surface area contributed by atoms with Crippen LogP contribution >= 0.6 is 0 Å². The van der Waals surface area contributed by atoms with Crippen LogP contribution in [0.15, 0.2) is 60.8 Å². The summed E-state index contributed by atoms with van der Waals surface area (Å²) in [5.74, 6) is -1.58. The summed E-state index contributed by atoms with van der Waals surface area (Å²) in [5.41, 5.74) is 5.41. The van der Waals surface area contributed by atoms with Crippen LogP contribution < -0.4 is 10.6 Å². The number of H-pyrrole nitrogens is 2. The summed E-state index contributed by atoms with van der Waals surface area (Å²) >= 11 is 0. The minimum absolute atomic E-state index is 0.00763. The molecule has 5 aliphatic rings. The maximum Gasteiger partial charge on any atom is 0.407 e. The number of carbonyl (C=O) groups is 2. The molecular weight excluding hydrogens is 705 g/mol. The highest BCUT2D eigenvalue weighted by Gasteiger charge is 2.52. The lowest BCUT2D eigenvalue weighted by Gasteiger charge is -2.39. The third-order valence-corrected chi connectivity index (χ3v) is 12.7. The molecule has 5 atom stereocenters. The summed E-state index contributed by atoms with van der Waals surface area (Å²) in [6.07, 6.45) is 7.31. The zero-order valence-corrected chi connectivity index (χ0v) is 30.5. The predicted molar refractivity (Wildman–Crippen MR) is 201 cm³/mol. The first-order valence-corrected chi connectivity index (χ1v) is 19.5. The van der Waals surface area contributed by atoms with E-state index in [4.69, 9.17) is 14.5 Å². The number of fused-ring (bicyclic) bond motifs is 6. The molecule has 11 nitrogen and oxygen atoms in total. The minimum Gasteiger partial charge on any atom is -0.453 e. The molecule has 0 spiro atoms. The summed E-state index contributed by atoms with van der Waals surface area (Å²) in [7, 11) is 1.30. The van der Waals surface area contributed by atoms with E-state index in [1.165, 1.54) is 7.11 Å². The maximum absolute atomic E-state index is 16.3. The first-order chi connectivity index (χ1) is 26.8. The van der Waals surface area contributed by atoms with Crippen molar-refractivity contribution in [3.05, 3.63) is 83.6 Å². The van der Waals surface area contributed by atoms with Crippen molar-refractivity contribution in [1.82, 2.24) is 35.5 Å². The molecule has 4 N–H and O–H groups in total. The number of nitrogens with one attached hydrogen (secondary N) is 4. The lowest BCUT2D eigenvalue weighted by molar-refractivity contribution is -0.140. The molecule has 13 heteroatoms. The number of methoxy groups -OCH3 is 1. The van der Waals surface area contributed by atoms with Crippen LogP contribution in [0.4, 0.5) is 13.6 Å². The van der Waals surface area contributed by atoms with Crippen molar-refractivity contribution < 1.29 is 27.8 Å². The molecule has 10 rings (SSSR count). The number of amides is 2. The van der Waals surface area contributed by atoms with Crippen molar-refractivity contribution in [2.75, 3.05) is 26.9 Å². The van der Waals surface area contributed by atoms with E-state index in [9.17, 15) is 9.59 Å². The second kappa shape index (κ2) is 13.3. The number of aromatic nitrogens is 4. The first kappa shape index (κ1) is 34.4. The molecule has 3 aliphatic heterocycles. The van der Waals surface area contributed by atoms with Gasteiger partial charge in [0.15, 0.2) is 0 Å². The largest absolute Gasteiger partial charge is 0.453 e. The van der Waals surface area contributed by atoms with Crippen molar-refractivity contribution in [3.8, 4) is 33.5 Å². The molecule has 5 heterocycles. The van der Waals surface area contributed by atoms with Crippen molar-refractivity contribution in [2.45, 2.75) is 75.0 Å². The monoisotopic (exact) mass is 747 g/mol. The van der Waals surface area contributed by atoms with E-state index in [1.54, 1.807) is 30.5 Å². The van der Waals surface area contributed by atoms with E-state index >= 15 is 8.78 Å². The van der Waals surface area contributed by atoms with Crippen LogP contribution in [0.3, 0.4) is 0 Å². The molecule has 0 radical (unpaired) electrons. The zero-order chi connectivity index (χ0) is 37.4. The van der Waals surface area contributed by atoms with Gasteiger partial charge in [0.2, 0.25) is 5.91 Å². The number of ether oxygens (including phenoxy) is 2. The van der Waals surface area contributed by atoms with Gasteiger partial charge in [0.25, 0.3) is 5.92 Å². The van der Waals surface area contributed by atoms with Gasteiger partial charge in [0, 0.05) is 35.9 Å². The molecule has 284 valence electrons. The standard InChI is InChI=1S/C42H43F2N7O4/c1-54-41(53)50-36(22-12-15-55-16-13-22)40(52)51-27-8-4-26(17-27)37(51)39-47-32-11-7-24(20-34(32)48-39)23-5-9-28-29-10-6-25(19-31(29)42(43,44)30(28)18-23)35-21-46-38(49-35)33-3-2-14-45-33/h5-7,9-11,18-22,26-27,33,36-37,45H,2-4,8,12-17H2,1H3,(H,46,49)(H,47,48)(H,50,53)/t26-,27+,33?,36-,37-/m0/s1. The van der Waals surface area contributed by atoms with Gasteiger partial charge in [-0.3, -0.25) is 4.79 Å². The number of hydrogen-bond acceptors (Lipinski definition) is 7. The van der Waals surface area contributed by atoms with Gasteiger partial charge in [-0.2, -0.15) is 8.78 Å². The number of imidazole rings is 2. The van der Waals surface area contributed by atoms with Gasteiger partial charge in [-0.25, -0.2) is 14.8 Å². The number of hydrogen-bond donors (Lipinski definition) is 4. The Morgan fingerprint density at radius 1 is 0.927 bits per heavy atom. The number of alkyl halides is 2. The van der Waals surface area contributed by atoms with Gasteiger partial charge in [0.05, 0.1) is 42.1 Å². The lowest BCUT2D eigenvalue weighted by atomic mass is 9.89. The van der Waals surface area contributed by atoms with Crippen LogP contribution in [0, 0.1) is 11.8 Å². The zero-order valence-electron chi connectivity index (χ0n) is 30.5. The molecule has 1 saturated carbocycles. The van der Waals surface area contributed by atoms with Crippen molar-refractivity contribution >= 4 is 23.0 Å². The Labute approximate surface area is 316 Å². The van der Waals surface area contributed by atoms with E-state index < -0.39 is 18.1 Å². The topological polar surface area (TPSA) is 137 Å². The molecule has 5 aromatic rings. The summed E-state index contributed by atoms with van der Waals surface area (Å²) in [6.45, 7) is 2.03. The Balaban J connectivity index is 0.930. The maximum atomic E-state index is 16.3. The van der Waals surface area contributed by atoms with Crippen LogP contribution in [-0.2, 0) is 20.2 Å². The normalized spacial score (nSPS) is 24.6. The van der Waals surface area contributed by atoms with Crippen LogP contribution in [-0.4, -0.2) is 75.8 Å². The molecule has 3 saturated heterocycles. The smallest absolute Gasteiger partial charge is 0.407 e. The number of halogens is 2. The van der Waals surface area contributed by atoms with Crippen LogP contribution in [0.25, 0.3) is 44.5 Å². The number of nitrogens with zero attached hydrogens (tertiary/aromatic N) is 3. The first-order valence-electron chi connectivity index (χ1n) is 19.5. The quantitative estimate of drug-likeness (QED) is 0.137. The average molecular weight is 748 g/mol. The number of piperidine rings is 1.